The van der Waals surface area contributed by atoms with Crippen LogP contribution in [0.15, 0.2) is 0 Å². The molecule has 60 valence electrons. The molecule has 0 saturated heterocycles. The summed E-state index contributed by atoms with van der Waals surface area (Å²) < 4.78 is 0. The minimum absolute atomic E-state index is 1.02. The number of likely N-dealkylation sites (N-methyl/N-ethyl adjacent to an activating group) is 1. The van der Waals surface area contributed by atoms with Crippen molar-refractivity contribution in [2.45, 2.75) is 12.8 Å². The van der Waals surface area contributed by atoms with Crippen molar-refractivity contribution in [2.24, 2.45) is 5.92 Å². The summed E-state index contributed by atoms with van der Waals surface area (Å²) in [5, 5.41) is 3.44. The van der Waals surface area contributed by atoms with Crippen LogP contribution in [-0.2, 0) is 0 Å². The highest BCUT2D eigenvalue weighted by Gasteiger charge is 2.19. The second-order valence-corrected chi connectivity index (χ2v) is 3.45. The Bertz CT molecular complexity index is 83.3. The second-order valence-electron chi connectivity index (χ2n) is 3.45. The Kier molecular flexibility index (Phi) is 3.16. The molecule has 0 atom stereocenters. The Morgan fingerprint density at radius 3 is 2.60 bits per heavy atom. The fraction of sp³-hybridized carbons (Fsp3) is 1.00. The van der Waals surface area contributed by atoms with E-state index in [-0.39, 0.29) is 0 Å². The van der Waals surface area contributed by atoms with E-state index in [2.05, 4.69) is 24.3 Å². The van der Waals surface area contributed by atoms with Gasteiger partial charge in [-0.3, -0.25) is 0 Å². The molecule has 1 N–H and O–H groups in total. The van der Waals surface area contributed by atoms with E-state index < -0.39 is 0 Å². The van der Waals surface area contributed by atoms with Gasteiger partial charge in [-0.25, -0.2) is 0 Å². The van der Waals surface area contributed by atoms with E-state index in [1.165, 1.54) is 19.4 Å². The lowest BCUT2D eigenvalue weighted by Gasteiger charge is -2.09. The van der Waals surface area contributed by atoms with Crippen molar-refractivity contribution < 1.29 is 0 Å². The molecule has 2 heteroatoms. The normalized spacial score (nSPS) is 18.3. The lowest BCUT2D eigenvalue weighted by molar-refractivity contribution is 0.398. The fourth-order valence-corrected chi connectivity index (χ4v) is 0.931. The smallest absolute Gasteiger partial charge is 0.0101 e. The standard InChI is InChI=1S/C8H18N2/c1-10(2)6-5-9-7-8-3-4-8/h8-9H,3-7H2,1-2H3. The van der Waals surface area contributed by atoms with Crippen LogP contribution in [-0.4, -0.2) is 38.6 Å². The first-order valence-electron chi connectivity index (χ1n) is 4.14. The SMILES string of the molecule is CN(C)CCNCC1CC1. The number of nitrogens with one attached hydrogen (secondary N) is 1. The summed E-state index contributed by atoms with van der Waals surface area (Å²) in [5.74, 6) is 1.02. The van der Waals surface area contributed by atoms with Crippen LogP contribution in [0.3, 0.4) is 0 Å². The van der Waals surface area contributed by atoms with Crippen molar-refractivity contribution in [1.82, 2.24) is 10.2 Å². The molecule has 0 amide bonds. The molecule has 10 heavy (non-hydrogen) atoms. The maximum Gasteiger partial charge on any atom is 0.0101 e. The lowest BCUT2D eigenvalue weighted by Crippen LogP contribution is -2.27. The van der Waals surface area contributed by atoms with Crippen LogP contribution >= 0.6 is 0 Å². The van der Waals surface area contributed by atoms with E-state index in [0.29, 0.717) is 0 Å². The minimum Gasteiger partial charge on any atom is -0.315 e. The maximum absolute atomic E-state index is 3.44. The van der Waals surface area contributed by atoms with Crippen LogP contribution in [0.1, 0.15) is 12.8 Å². The molecule has 1 fully saturated rings. The molecule has 0 aromatic carbocycles. The highest BCUT2D eigenvalue weighted by molar-refractivity contribution is 4.75. The van der Waals surface area contributed by atoms with Crippen molar-refractivity contribution in [1.29, 1.82) is 0 Å². The van der Waals surface area contributed by atoms with E-state index >= 15 is 0 Å². The zero-order valence-corrected chi connectivity index (χ0v) is 7.06. The van der Waals surface area contributed by atoms with Gasteiger partial charge in [0.15, 0.2) is 0 Å². The van der Waals surface area contributed by atoms with Gasteiger partial charge in [0, 0.05) is 13.1 Å². The summed E-state index contributed by atoms with van der Waals surface area (Å²) in [6, 6.07) is 0. The van der Waals surface area contributed by atoms with E-state index in [0.717, 1.165) is 19.0 Å². The van der Waals surface area contributed by atoms with Gasteiger partial charge in [-0.05, 0) is 39.4 Å². The predicted molar refractivity (Wildman–Crippen MR) is 44.1 cm³/mol. The highest BCUT2D eigenvalue weighted by Crippen LogP contribution is 2.27. The average molecular weight is 142 g/mol. The summed E-state index contributed by atoms with van der Waals surface area (Å²) in [7, 11) is 4.22. The van der Waals surface area contributed by atoms with Gasteiger partial charge < -0.3 is 10.2 Å². The fourth-order valence-electron chi connectivity index (χ4n) is 0.931. The van der Waals surface area contributed by atoms with Crippen molar-refractivity contribution in [2.75, 3.05) is 33.7 Å². The molecule has 2 nitrogen and oxygen atoms in total. The third kappa shape index (κ3) is 3.85. The summed E-state index contributed by atoms with van der Waals surface area (Å²) >= 11 is 0. The van der Waals surface area contributed by atoms with Crippen LogP contribution in [0, 0.1) is 5.92 Å². The lowest BCUT2D eigenvalue weighted by atomic mass is 10.4. The van der Waals surface area contributed by atoms with Gasteiger partial charge >= 0.3 is 0 Å². The molecule has 0 radical (unpaired) electrons. The summed E-state index contributed by atoms with van der Waals surface area (Å²) in [5.41, 5.74) is 0. The molecule has 0 aromatic heterocycles. The molecule has 0 aliphatic heterocycles. The molecule has 0 aromatic rings. The number of nitrogens with zero attached hydrogens (tertiary/aromatic N) is 1. The van der Waals surface area contributed by atoms with Gasteiger partial charge in [0.25, 0.3) is 0 Å². The molecule has 1 saturated carbocycles. The zero-order chi connectivity index (χ0) is 7.40. The Morgan fingerprint density at radius 2 is 2.10 bits per heavy atom. The van der Waals surface area contributed by atoms with E-state index in [9.17, 15) is 0 Å². The van der Waals surface area contributed by atoms with Gasteiger partial charge in [0.05, 0.1) is 0 Å². The van der Waals surface area contributed by atoms with Crippen molar-refractivity contribution in [3.05, 3.63) is 0 Å². The molecule has 0 unspecified atom stereocenters. The second kappa shape index (κ2) is 3.94. The molecule has 0 heterocycles. The molecule has 1 aliphatic rings. The van der Waals surface area contributed by atoms with Crippen LogP contribution in [0.5, 0.6) is 0 Å². The molecular formula is C8H18N2. The predicted octanol–water partition coefficient (Wildman–Crippen LogP) is 0.548. The van der Waals surface area contributed by atoms with Crippen LogP contribution in [0.2, 0.25) is 0 Å². The minimum atomic E-state index is 1.02. The van der Waals surface area contributed by atoms with Gasteiger partial charge in [-0.2, -0.15) is 0 Å². The summed E-state index contributed by atoms with van der Waals surface area (Å²) in [6.45, 7) is 3.55. The third-order valence-corrected chi connectivity index (χ3v) is 1.87. The largest absolute Gasteiger partial charge is 0.315 e. The number of hydrogen-bond donors (Lipinski definition) is 1. The van der Waals surface area contributed by atoms with E-state index in [4.69, 9.17) is 0 Å². The molecule has 0 spiro atoms. The van der Waals surface area contributed by atoms with Gasteiger partial charge in [-0.15, -0.1) is 0 Å². The van der Waals surface area contributed by atoms with Crippen LogP contribution in [0.25, 0.3) is 0 Å². The van der Waals surface area contributed by atoms with Crippen molar-refractivity contribution in [3.8, 4) is 0 Å². The Morgan fingerprint density at radius 1 is 1.40 bits per heavy atom. The topological polar surface area (TPSA) is 15.3 Å². The van der Waals surface area contributed by atoms with Crippen molar-refractivity contribution >= 4 is 0 Å². The first-order valence-corrected chi connectivity index (χ1v) is 4.14. The van der Waals surface area contributed by atoms with Crippen LogP contribution < -0.4 is 5.32 Å². The number of rotatable bonds is 5. The average Bonchev–Trinajstić information content (AvgIpc) is 2.62. The van der Waals surface area contributed by atoms with Gasteiger partial charge in [-0.1, -0.05) is 0 Å². The van der Waals surface area contributed by atoms with Crippen molar-refractivity contribution in [3.63, 3.8) is 0 Å². The first-order chi connectivity index (χ1) is 4.79. The zero-order valence-electron chi connectivity index (χ0n) is 7.06. The van der Waals surface area contributed by atoms with Gasteiger partial charge in [0.1, 0.15) is 0 Å². The highest BCUT2D eigenvalue weighted by atomic mass is 15.1. The monoisotopic (exact) mass is 142 g/mol. The Balaban J connectivity index is 1.76. The summed E-state index contributed by atoms with van der Waals surface area (Å²) in [4.78, 5) is 2.21. The molecule has 0 bridgehead atoms. The van der Waals surface area contributed by atoms with Crippen LogP contribution in [0.4, 0.5) is 0 Å². The molecule has 1 rings (SSSR count). The van der Waals surface area contributed by atoms with E-state index in [1.807, 2.05) is 0 Å². The molecule has 1 aliphatic carbocycles. The number of hydrogen-bond acceptors (Lipinski definition) is 2. The Labute approximate surface area is 63.6 Å². The molecular weight excluding hydrogens is 124 g/mol. The quantitative estimate of drug-likeness (QED) is 0.564. The first kappa shape index (κ1) is 8.02. The Hall–Kier alpha value is -0.0800. The van der Waals surface area contributed by atoms with E-state index in [1.54, 1.807) is 0 Å². The third-order valence-electron chi connectivity index (χ3n) is 1.87. The maximum atomic E-state index is 3.44. The van der Waals surface area contributed by atoms with Gasteiger partial charge in [0.2, 0.25) is 0 Å². The summed E-state index contributed by atoms with van der Waals surface area (Å²) in [6.07, 6.45) is 2.91.